The van der Waals surface area contributed by atoms with E-state index >= 15 is 0 Å². The van der Waals surface area contributed by atoms with E-state index in [1.165, 1.54) is 65.1 Å². The van der Waals surface area contributed by atoms with Crippen molar-refractivity contribution in [2.45, 2.75) is 73.1 Å². The first-order valence-electron chi connectivity index (χ1n) is 22.4. The van der Waals surface area contributed by atoms with Crippen molar-refractivity contribution < 1.29 is 48.1 Å². The van der Waals surface area contributed by atoms with Gasteiger partial charge in [0.25, 0.3) is 19.4 Å². The van der Waals surface area contributed by atoms with Gasteiger partial charge in [0.2, 0.25) is 0 Å². The van der Waals surface area contributed by atoms with Crippen molar-refractivity contribution in [1.82, 2.24) is 19.9 Å². The summed E-state index contributed by atoms with van der Waals surface area (Å²) in [5, 5.41) is 16.7. The largest absolute Gasteiger partial charge is 2.00 e. The Labute approximate surface area is 444 Å². The van der Waals surface area contributed by atoms with Crippen molar-refractivity contribution in [3.63, 3.8) is 0 Å². The Balaban J connectivity index is 0.000000321. The maximum atomic E-state index is 10.8. The predicted molar refractivity (Wildman–Crippen MR) is 287 cm³/mol. The van der Waals surface area contributed by atoms with Gasteiger partial charge in [-0.25, -0.2) is 4.98 Å². The minimum atomic E-state index is -0.425. The van der Waals surface area contributed by atoms with Crippen LogP contribution in [0.3, 0.4) is 0 Å². The Morgan fingerprint density at radius 1 is 0.589 bits per heavy atom. The number of pyridine rings is 4. The van der Waals surface area contributed by atoms with E-state index in [9.17, 15) is 14.4 Å². The SMILES string of the molecule is CC(C)(C)C(=N)N=C([NH-])c1cc(-c2ccc(N(c3ccc(C(C)(C)C)cc3)c3ccc(C(C)(C)C)cc3)cc2)ccn1.O=COc1ccnc(-c2cc(OC=O)cc(-c3cc(OC=O)ccn3)n2)c1.[N-]=C=S.[Ru+2]. The van der Waals surface area contributed by atoms with Crippen LogP contribution >= 0.6 is 12.2 Å². The van der Waals surface area contributed by atoms with Gasteiger partial charge in [0.1, 0.15) is 17.2 Å². The maximum absolute atomic E-state index is 10.8. The van der Waals surface area contributed by atoms with Crippen LogP contribution in [0.15, 0.2) is 145 Å². The van der Waals surface area contributed by atoms with E-state index in [2.05, 4.69) is 156 Å². The molecule has 15 nitrogen and oxygen atoms in total. The Morgan fingerprint density at radius 2 is 0.973 bits per heavy atom. The number of carbonyl (C=O) groups excluding carboxylic acids is 3. The Bertz CT molecular complexity index is 2940. The summed E-state index contributed by atoms with van der Waals surface area (Å²) in [6.45, 7) is 20.0. The van der Waals surface area contributed by atoms with E-state index in [0.29, 0.717) is 41.4 Å². The first kappa shape index (κ1) is 57.6. The molecule has 7 aromatic rings. The zero-order chi connectivity index (χ0) is 52.6. The molecule has 0 fully saturated rings. The van der Waals surface area contributed by atoms with Gasteiger partial charge in [0, 0.05) is 65.8 Å². The normalized spacial score (nSPS) is 11.1. The monoisotopic (exact) mass is 1080 g/mol. The second kappa shape index (κ2) is 25.9. The zero-order valence-corrected chi connectivity index (χ0v) is 44.4. The average Bonchev–Trinajstić information content (AvgIpc) is 3.35. The van der Waals surface area contributed by atoms with E-state index in [4.69, 9.17) is 30.8 Å². The molecule has 374 valence electrons. The van der Waals surface area contributed by atoms with Gasteiger partial charge in [-0.15, -0.1) is 0 Å². The molecule has 73 heavy (non-hydrogen) atoms. The summed E-state index contributed by atoms with van der Waals surface area (Å²) >= 11 is 3.70. The quantitative estimate of drug-likeness (QED) is 0.0375. The minimum Gasteiger partial charge on any atom is -0.753 e. The predicted octanol–water partition coefficient (Wildman–Crippen LogP) is 13.1. The van der Waals surface area contributed by atoms with Crippen molar-refractivity contribution in [1.29, 1.82) is 5.41 Å². The van der Waals surface area contributed by atoms with Crippen molar-refractivity contribution in [2.75, 3.05) is 4.90 Å². The van der Waals surface area contributed by atoms with Crippen molar-refractivity contribution in [3.05, 3.63) is 168 Å². The van der Waals surface area contributed by atoms with Gasteiger partial charge in [0.15, 0.2) is 0 Å². The second-order valence-electron chi connectivity index (χ2n) is 19.0. The smallest absolute Gasteiger partial charge is 0.753 e. The topological polar surface area (TPSA) is 216 Å². The number of amidine groups is 2. The van der Waals surface area contributed by atoms with Crippen molar-refractivity contribution >= 4 is 65.5 Å². The molecule has 0 aliphatic carbocycles. The maximum Gasteiger partial charge on any atom is 2.00 e. The number of rotatable bonds is 13. The molecule has 0 spiro atoms. The van der Waals surface area contributed by atoms with Crippen molar-refractivity contribution in [2.24, 2.45) is 10.4 Å². The van der Waals surface area contributed by atoms with E-state index in [1.54, 1.807) is 6.20 Å². The van der Waals surface area contributed by atoms with E-state index in [-0.39, 0.29) is 65.7 Å². The molecule has 0 amide bonds. The number of anilines is 3. The van der Waals surface area contributed by atoms with Crippen molar-refractivity contribution in [3.8, 4) is 51.2 Å². The molecule has 0 aliphatic rings. The fourth-order valence-electron chi connectivity index (χ4n) is 6.80. The number of carbonyl (C=O) groups is 3. The van der Waals surface area contributed by atoms with Gasteiger partial charge >= 0.3 is 19.5 Å². The van der Waals surface area contributed by atoms with E-state index in [0.717, 1.165) is 28.2 Å². The van der Waals surface area contributed by atoms with Crippen LogP contribution in [0.5, 0.6) is 17.2 Å². The summed E-state index contributed by atoms with van der Waals surface area (Å²) in [5.41, 5.74) is 17.9. The standard InChI is InChI=1S/C37H44N5.C18H11N3O6.CNS.Ru/c1-35(2,3)27-12-18-30(19-13-27)42(31-20-14-28(15-21-31)36(4,5)6)29-16-10-25(11-17-29)26-22-23-40-32(24-26)33(38)41-34(39)37(7,8)9;22-9-25-12-1-3-19-15(5-12)17-7-14(27-11-24)8-18(21-17)16-6-13(26-10-23)2-4-20-16;2-1-3;/h10-24H,1-9H3,(H2-,38,39,41);1-11H;;/q-1;;-1;+2. The van der Waals surface area contributed by atoms with Gasteiger partial charge in [-0.2, -0.15) is 5.16 Å². The second-order valence-corrected chi connectivity index (χ2v) is 19.2. The Morgan fingerprint density at radius 3 is 1.37 bits per heavy atom. The van der Waals surface area contributed by atoms with Crippen LogP contribution in [-0.4, -0.2) is 56.2 Å². The molecule has 2 N–H and O–H groups in total. The molecule has 0 radical (unpaired) electrons. The van der Waals surface area contributed by atoms with Crippen LogP contribution in [0, 0.1) is 10.8 Å². The van der Waals surface area contributed by atoms with E-state index < -0.39 is 5.41 Å². The third kappa shape index (κ3) is 16.3. The molecule has 0 bridgehead atoms. The molecule has 4 heterocycles. The Hall–Kier alpha value is -7.97. The third-order valence-electron chi connectivity index (χ3n) is 10.7. The van der Waals surface area contributed by atoms with E-state index in [1.807, 2.05) is 32.9 Å². The number of ether oxygens (including phenoxy) is 3. The summed E-state index contributed by atoms with van der Waals surface area (Å²) in [4.78, 5) is 55.4. The van der Waals surface area contributed by atoms with Gasteiger partial charge in [-0.3, -0.25) is 29.3 Å². The number of nitrogens with zero attached hydrogens (tertiary/aromatic N) is 7. The fourth-order valence-corrected chi connectivity index (χ4v) is 6.80. The number of benzene rings is 3. The van der Waals surface area contributed by atoms with Gasteiger partial charge in [-0.05, 0) is 105 Å². The molecule has 0 saturated heterocycles. The molecule has 3 aromatic carbocycles. The summed E-state index contributed by atoms with van der Waals surface area (Å²) in [5.74, 6) is 0.920. The molecular weight excluding hydrogens is 1030 g/mol. The van der Waals surface area contributed by atoms with Gasteiger partial charge in [-0.1, -0.05) is 111 Å². The number of isothiocyanates is 1. The molecule has 0 unspecified atom stereocenters. The molecule has 17 heteroatoms. The number of hydrogen-bond donors (Lipinski definition) is 1. The number of thiocarbonyl (C=S) groups is 1. The fraction of sp³-hybridized carbons (Fsp3) is 0.214. The molecule has 7 rings (SSSR count). The first-order chi connectivity index (χ1) is 34.2. The average molecular weight is 1080 g/mol. The third-order valence-corrected chi connectivity index (χ3v) is 10.7. The number of aromatic nitrogens is 4. The Kier molecular flexibility index (Phi) is 20.5. The van der Waals surface area contributed by atoms with Crippen LogP contribution < -0.4 is 19.1 Å². The number of hydrogen-bond acceptors (Lipinski definition) is 13. The zero-order valence-electron chi connectivity index (χ0n) is 41.9. The summed E-state index contributed by atoms with van der Waals surface area (Å²) < 4.78 is 14.5. The summed E-state index contributed by atoms with van der Waals surface area (Å²) in [6.07, 6.45) is 4.59. The van der Waals surface area contributed by atoms with Crippen LogP contribution in [0.4, 0.5) is 17.1 Å². The number of aliphatic imine (C=N–C) groups is 1. The molecule has 0 saturated carbocycles. The summed E-state index contributed by atoms with van der Waals surface area (Å²) in [7, 11) is 0. The van der Waals surface area contributed by atoms with Gasteiger partial charge in [0.05, 0.1) is 28.5 Å². The minimum absolute atomic E-state index is 0. The van der Waals surface area contributed by atoms with Crippen LogP contribution in [0.25, 0.3) is 45.0 Å². The first-order valence-corrected chi connectivity index (χ1v) is 22.8. The van der Waals surface area contributed by atoms with Crippen LogP contribution in [0.1, 0.15) is 79.1 Å². The van der Waals surface area contributed by atoms with Crippen LogP contribution in [0.2, 0.25) is 0 Å². The molecule has 4 aromatic heterocycles. The summed E-state index contributed by atoms with van der Waals surface area (Å²) in [6, 6.07) is 39.0. The molecule has 0 atom stereocenters. The number of nitrogens with one attached hydrogen (secondary N) is 2. The van der Waals surface area contributed by atoms with Gasteiger partial charge < -0.3 is 40.7 Å². The molecular formula is C56H55N9O6RuS. The molecule has 0 aliphatic heterocycles. The van der Waals surface area contributed by atoms with Crippen LogP contribution in [-0.2, 0) is 44.7 Å².